The fraction of sp³-hybridized carbons (Fsp3) is 0.444. The van der Waals surface area contributed by atoms with Crippen molar-refractivity contribution in [2.24, 2.45) is 5.73 Å². The van der Waals surface area contributed by atoms with E-state index in [4.69, 9.17) is 38.2 Å². The van der Waals surface area contributed by atoms with Crippen LogP contribution in [0.4, 0.5) is 0 Å². The Morgan fingerprint density at radius 1 is 1.08 bits per heavy atom. The third kappa shape index (κ3) is 2.75. The lowest BCUT2D eigenvalue weighted by atomic mass is 9.59. The zero-order valence-electron chi connectivity index (χ0n) is 14.3. The number of alkyl halides is 1. The third-order valence-electron chi connectivity index (χ3n) is 5.22. The Bertz CT molecular complexity index is 701. The summed E-state index contributed by atoms with van der Waals surface area (Å²) in [5, 5.41) is 0.109. The summed E-state index contributed by atoms with van der Waals surface area (Å²) >= 11 is 13.1. The van der Waals surface area contributed by atoms with Crippen LogP contribution in [0.15, 0.2) is 42.5 Å². The molecule has 1 aromatic rings. The second kappa shape index (κ2) is 5.89. The van der Waals surface area contributed by atoms with E-state index in [1.54, 1.807) is 0 Å². The van der Waals surface area contributed by atoms with E-state index in [9.17, 15) is 0 Å². The largest absolute Gasteiger partial charge is 0.485 e. The van der Waals surface area contributed by atoms with Gasteiger partial charge in [-0.05, 0) is 44.9 Å². The van der Waals surface area contributed by atoms with Crippen molar-refractivity contribution >= 4 is 35.9 Å². The summed E-state index contributed by atoms with van der Waals surface area (Å²) in [7, 11) is -0.646. The molecule has 128 valence electrons. The Hall–Kier alpha value is -0.775. The number of hydrogen-bond acceptors (Lipinski definition) is 3. The molecule has 0 bridgehead atoms. The molecule has 2 aliphatic rings. The van der Waals surface area contributed by atoms with Crippen LogP contribution in [-0.2, 0) is 9.31 Å². The van der Waals surface area contributed by atoms with Gasteiger partial charge in [-0.2, -0.15) is 0 Å². The predicted octanol–water partition coefficient (Wildman–Crippen LogP) is 4.23. The molecule has 3 nitrogen and oxygen atoms in total. The van der Waals surface area contributed by atoms with Crippen LogP contribution in [0.3, 0.4) is 0 Å². The van der Waals surface area contributed by atoms with Crippen LogP contribution in [-0.4, -0.2) is 29.1 Å². The lowest BCUT2D eigenvalue weighted by Gasteiger charge is -2.36. The summed E-state index contributed by atoms with van der Waals surface area (Å²) in [5.74, 6) is 0. The molecule has 24 heavy (non-hydrogen) atoms. The minimum Gasteiger partial charge on any atom is -0.402 e. The second-order valence-corrected chi connectivity index (χ2v) is 8.26. The molecule has 0 radical (unpaired) electrons. The van der Waals surface area contributed by atoms with E-state index in [-0.39, 0.29) is 0 Å². The standard InChI is InChI=1S/C18H22BCl2NO2/c1-16(2)17(3,4)24-19(23-16)18(22)11-7-9-13(15(18)21)12-8-5-6-10-14(12)20/h5-11,15H,22H2,1-4H3. The molecule has 1 fully saturated rings. The molecule has 3 rings (SSSR count). The number of nitrogens with two attached hydrogens (primary N) is 1. The van der Waals surface area contributed by atoms with Gasteiger partial charge < -0.3 is 15.0 Å². The van der Waals surface area contributed by atoms with Gasteiger partial charge >= 0.3 is 7.12 Å². The van der Waals surface area contributed by atoms with Crippen LogP contribution >= 0.6 is 23.2 Å². The van der Waals surface area contributed by atoms with Gasteiger partial charge in [0.25, 0.3) is 0 Å². The van der Waals surface area contributed by atoms with Crippen molar-refractivity contribution in [2.75, 3.05) is 0 Å². The van der Waals surface area contributed by atoms with E-state index in [2.05, 4.69) is 0 Å². The lowest BCUT2D eigenvalue weighted by molar-refractivity contribution is 0.00578. The minimum atomic E-state index is -0.990. The maximum Gasteiger partial charge on any atom is 0.485 e. The molecule has 6 heteroatoms. The first-order valence-corrected chi connectivity index (χ1v) is 8.83. The van der Waals surface area contributed by atoms with Gasteiger partial charge in [-0.1, -0.05) is 48.0 Å². The van der Waals surface area contributed by atoms with Gasteiger partial charge in [0.15, 0.2) is 0 Å². The molecule has 0 spiro atoms. The molecule has 2 N–H and O–H groups in total. The molecule has 1 heterocycles. The van der Waals surface area contributed by atoms with Gasteiger partial charge in [0.2, 0.25) is 0 Å². The fourth-order valence-electron chi connectivity index (χ4n) is 2.92. The smallest absolute Gasteiger partial charge is 0.402 e. The Kier molecular flexibility index (Phi) is 4.43. The van der Waals surface area contributed by atoms with Crippen LogP contribution in [0.25, 0.3) is 5.57 Å². The average Bonchev–Trinajstić information content (AvgIpc) is 2.72. The topological polar surface area (TPSA) is 44.5 Å². The van der Waals surface area contributed by atoms with Crippen molar-refractivity contribution in [3.8, 4) is 0 Å². The van der Waals surface area contributed by atoms with Gasteiger partial charge in [0.05, 0.1) is 22.0 Å². The highest BCUT2D eigenvalue weighted by Crippen LogP contribution is 2.44. The van der Waals surface area contributed by atoms with Crippen LogP contribution in [0.5, 0.6) is 0 Å². The van der Waals surface area contributed by atoms with E-state index in [1.165, 1.54) is 0 Å². The van der Waals surface area contributed by atoms with Crippen LogP contribution < -0.4 is 5.73 Å². The number of hydrogen-bond donors (Lipinski definition) is 1. The fourth-order valence-corrected chi connectivity index (χ4v) is 3.53. The van der Waals surface area contributed by atoms with E-state index in [1.807, 2.05) is 70.2 Å². The van der Waals surface area contributed by atoms with Crippen molar-refractivity contribution < 1.29 is 9.31 Å². The average molecular weight is 366 g/mol. The van der Waals surface area contributed by atoms with Gasteiger partial charge in [-0.3, -0.25) is 0 Å². The van der Waals surface area contributed by atoms with E-state index < -0.39 is 29.1 Å². The highest BCUT2D eigenvalue weighted by Gasteiger charge is 2.60. The number of halogens is 2. The highest BCUT2D eigenvalue weighted by atomic mass is 35.5. The lowest BCUT2D eigenvalue weighted by Crippen LogP contribution is -2.61. The first-order valence-electron chi connectivity index (χ1n) is 8.01. The van der Waals surface area contributed by atoms with Crippen LogP contribution in [0.1, 0.15) is 33.3 Å². The third-order valence-corrected chi connectivity index (χ3v) is 6.16. The maximum absolute atomic E-state index is 6.80. The van der Waals surface area contributed by atoms with Gasteiger partial charge in [-0.25, -0.2) is 0 Å². The van der Waals surface area contributed by atoms with E-state index in [0.717, 1.165) is 11.1 Å². The summed E-state index contributed by atoms with van der Waals surface area (Å²) in [6, 6.07) is 7.59. The first-order chi connectivity index (χ1) is 11.1. The van der Waals surface area contributed by atoms with Gasteiger partial charge in [0, 0.05) is 5.02 Å². The van der Waals surface area contributed by atoms with Crippen molar-refractivity contribution in [2.45, 2.75) is 49.7 Å². The molecular weight excluding hydrogens is 344 g/mol. The second-order valence-electron chi connectivity index (χ2n) is 7.41. The molecule has 0 saturated carbocycles. The number of benzene rings is 1. The number of allylic oxidation sites excluding steroid dienone is 2. The first kappa shape index (κ1) is 18.0. The Morgan fingerprint density at radius 2 is 1.67 bits per heavy atom. The summed E-state index contributed by atoms with van der Waals surface area (Å²) in [4.78, 5) is 0. The summed E-state index contributed by atoms with van der Waals surface area (Å²) in [5.41, 5.74) is 6.47. The summed E-state index contributed by atoms with van der Waals surface area (Å²) in [6.07, 6.45) is 5.69. The maximum atomic E-state index is 6.80. The Morgan fingerprint density at radius 3 is 2.25 bits per heavy atom. The molecule has 1 aliphatic carbocycles. The minimum absolute atomic E-state index is 0.472. The van der Waals surface area contributed by atoms with E-state index >= 15 is 0 Å². The van der Waals surface area contributed by atoms with Crippen molar-refractivity contribution in [3.05, 3.63) is 53.1 Å². The zero-order valence-corrected chi connectivity index (χ0v) is 15.9. The van der Waals surface area contributed by atoms with E-state index in [0.29, 0.717) is 5.02 Å². The van der Waals surface area contributed by atoms with Gasteiger partial charge in [-0.15, -0.1) is 11.6 Å². The molecule has 0 amide bonds. The summed E-state index contributed by atoms with van der Waals surface area (Å²) in [6.45, 7) is 7.99. The molecule has 1 aromatic carbocycles. The Balaban J connectivity index is 1.95. The Labute approximate surface area is 153 Å². The highest BCUT2D eigenvalue weighted by molar-refractivity contribution is 6.54. The van der Waals surface area contributed by atoms with Crippen LogP contribution in [0.2, 0.25) is 5.02 Å². The van der Waals surface area contributed by atoms with Gasteiger partial charge in [0.1, 0.15) is 0 Å². The molecule has 0 aromatic heterocycles. The molecule has 2 unspecified atom stereocenters. The monoisotopic (exact) mass is 365 g/mol. The van der Waals surface area contributed by atoms with Crippen molar-refractivity contribution in [1.82, 2.24) is 0 Å². The SMILES string of the molecule is CC1(C)OB(C2(N)C=CC=C(c3ccccc3Cl)C2Cl)OC1(C)C. The predicted molar refractivity (Wildman–Crippen MR) is 101 cm³/mol. The quantitative estimate of drug-likeness (QED) is 0.630. The van der Waals surface area contributed by atoms with Crippen molar-refractivity contribution in [3.63, 3.8) is 0 Å². The summed E-state index contributed by atoms with van der Waals surface area (Å²) < 4.78 is 12.3. The molecule has 2 atom stereocenters. The molecule has 1 saturated heterocycles. The zero-order chi connectivity index (χ0) is 17.8. The molecular formula is C18H22BCl2NO2. The number of rotatable bonds is 2. The molecule has 1 aliphatic heterocycles. The normalized spacial score (nSPS) is 31.2. The van der Waals surface area contributed by atoms with Crippen LogP contribution in [0, 0.1) is 0 Å². The van der Waals surface area contributed by atoms with Crippen molar-refractivity contribution in [1.29, 1.82) is 0 Å².